The zero-order valence-corrected chi connectivity index (χ0v) is 17.2. The first-order valence-corrected chi connectivity index (χ1v) is 9.76. The standard InChI is InChI=1S/C22H23N5O3/c1-14-21(15(2)27(26-14)13-17-7-5-4-6-8-17)23-19(28)9-10-20-24-25-22(30-20)18-11-12-29-16(18)3/h4-8,11-12H,9-10,13H2,1-3H3,(H,23,28). The van der Waals surface area contributed by atoms with Crippen LogP contribution >= 0.6 is 0 Å². The minimum Gasteiger partial charge on any atom is -0.469 e. The second kappa shape index (κ2) is 8.36. The molecule has 30 heavy (non-hydrogen) atoms. The number of furan rings is 1. The fourth-order valence-electron chi connectivity index (χ4n) is 3.28. The molecule has 4 rings (SSSR count). The number of carbonyl (C=O) groups is 1. The molecular weight excluding hydrogens is 382 g/mol. The first-order chi connectivity index (χ1) is 14.5. The van der Waals surface area contributed by atoms with Gasteiger partial charge >= 0.3 is 0 Å². The minimum absolute atomic E-state index is 0.125. The topological polar surface area (TPSA) is 99.0 Å². The van der Waals surface area contributed by atoms with Crippen molar-refractivity contribution in [2.24, 2.45) is 0 Å². The highest BCUT2D eigenvalue weighted by molar-refractivity contribution is 5.92. The van der Waals surface area contributed by atoms with Gasteiger partial charge in [0.25, 0.3) is 5.89 Å². The molecule has 0 saturated carbocycles. The van der Waals surface area contributed by atoms with E-state index >= 15 is 0 Å². The summed E-state index contributed by atoms with van der Waals surface area (Å²) in [7, 11) is 0. The van der Waals surface area contributed by atoms with Gasteiger partial charge in [-0.15, -0.1) is 10.2 Å². The van der Waals surface area contributed by atoms with Gasteiger partial charge in [0.1, 0.15) is 5.76 Å². The van der Waals surface area contributed by atoms with Crippen molar-refractivity contribution in [2.45, 2.75) is 40.2 Å². The lowest BCUT2D eigenvalue weighted by Crippen LogP contribution is -2.14. The Hall–Kier alpha value is -3.68. The van der Waals surface area contributed by atoms with Crippen molar-refractivity contribution in [2.75, 3.05) is 5.32 Å². The number of hydrogen-bond acceptors (Lipinski definition) is 6. The van der Waals surface area contributed by atoms with E-state index in [1.165, 1.54) is 0 Å². The van der Waals surface area contributed by atoms with E-state index in [9.17, 15) is 4.79 Å². The van der Waals surface area contributed by atoms with Crippen LogP contribution in [0.25, 0.3) is 11.5 Å². The van der Waals surface area contributed by atoms with Gasteiger partial charge in [-0.25, -0.2) is 0 Å². The molecule has 8 nitrogen and oxygen atoms in total. The molecule has 1 N–H and O–H groups in total. The van der Waals surface area contributed by atoms with Gasteiger partial charge in [0.2, 0.25) is 11.8 Å². The van der Waals surface area contributed by atoms with Gasteiger partial charge in [0, 0.05) is 12.8 Å². The maximum atomic E-state index is 12.5. The van der Waals surface area contributed by atoms with Gasteiger partial charge in [0.15, 0.2) is 0 Å². The summed E-state index contributed by atoms with van der Waals surface area (Å²) in [5.74, 6) is 1.39. The van der Waals surface area contributed by atoms with Crippen molar-refractivity contribution in [3.8, 4) is 11.5 Å². The third-order valence-electron chi connectivity index (χ3n) is 4.94. The summed E-state index contributed by atoms with van der Waals surface area (Å²) in [5, 5.41) is 15.6. The van der Waals surface area contributed by atoms with E-state index in [1.807, 2.05) is 43.7 Å². The highest BCUT2D eigenvalue weighted by Crippen LogP contribution is 2.24. The molecule has 0 radical (unpaired) electrons. The molecule has 1 amide bonds. The van der Waals surface area contributed by atoms with Crippen molar-refractivity contribution in [3.05, 3.63) is 71.3 Å². The molecule has 0 bridgehead atoms. The fraction of sp³-hybridized carbons (Fsp3) is 0.273. The average molecular weight is 405 g/mol. The molecule has 154 valence electrons. The highest BCUT2D eigenvalue weighted by Gasteiger charge is 2.17. The van der Waals surface area contributed by atoms with Crippen LogP contribution in [0, 0.1) is 20.8 Å². The number of carbonyl (C=O) groups excluding carboxylic acids is 1. The normalized spacial score (nSPS) is 11.0. The van der Waals surface area contributed by atoms with Crippen LogP contribution in [0.4, 0.5) is 5.69 Å². The quantitative estimate of drug-likeness (QED) is 0.498. The van der Waals surface area contributed by atoms with E-state index < -0.39 is 0 Å². The van der Waals surface area contributed by atoms with E-state index in [2.05, 4.69) is 32.7 Å². The van der Waals surface area contributed by atoms with Crippen LogP contribution in [0.3, 0.4) is 0 Å². The Labute approximate surface area is 173 Å². The number of hydrogen-bond donors (Lipinski definition) is 1. The van der Waals surface area contributed by atoms with Crippen LogP contribution in [0.5, 0.6) is 0 Å². The van der Waals surface area contributed by atoms with Crippen LogP contribution in [0.1, 0.15) is 35.0 Å². The summed E-state index contributed by atoms with van der Waals surface area (Å²) < 4.78 is 12.8. The molecule has 3 aromatic heterocycles. The lowest BCUT2D eigenvalue weighted by molar-refractivity contribution is -0.116. The Morgan fingerprint density at radius 3 is 2.63 bits per heavy atom. The second-order valence-corrected chi connectivity index (χ2v) is 7.13. The summed E-state index contributed by atoms with van der Waals surface area (Å²) in [5.41, 5.74) is 4.36. The SMILES string of the molecule is Cc1nn(Cc2ccccc2)c(C)c1NC(=O)CCc1nnc(-c2ccoc2C)o1. The van der Waals surface area contributed by atoms with Crippen molar-refractivity contribution >= 4 is 11.6 Å². The summed E-state index contributed by atoms with van der Waals surface area (Å²) in [6, 6.07) is 11.9. The summed E-state index contributed by atoms with van der Waals surface area (Å²) in [6.07, 6.45) is 2.16. The lowest BCUT2D eigenvalue weighted by Gasteiger charge is -2.07. The fourth-order valence-corrected chi connectivity index (χ4v) is 3.28. The maximum Gasteiger partial charge on any atom is 0.251 e. The first-order valence-electron chi connectivity index (χ1n) is 9.76. The predicted molar refractivity (Wildman–Crippen MR) is 111 cm³/mol. The summed E-state index contributed by atoms with van der Waals surface area (Å²) >= 11 is 0. The van der Waals surface area contributed by atoms with Crippen LogP contribution in [0.15, 0.2) is 51.5 Å². The van der Waals surface area contributed by atoms with Crippen molar-refractivity contribution in [1.82, 2.24) is 20.0 Å². The van der Waals surface area contributed by atoms with Crippen molar-refractivity contribution in [1.29, 1.82) is 0 Å². The van der Waals surface area contributed by atoms with Crippen LogP contribution < -0.4 is 5.32 Å². The smallest absolute Gasteiger partial charge is 0.251 e. The van der Waals surface area contributed by atoms with Gasteiger partial charge < -0.3 is 14.2 Å². The Balaban J connectivity index is 1.38. The molecule has 0 atom stereocenters. The number of nitrogens with zero attached hydrogens (tertiary/aromatic N) is 4. The number of rotatable bonds is 7. The van der Waals surface area contributed by atoms with E-state index in [0.717, 1.165) is 28.2 Å². The zero-order chi connectivity index (χ0) is 21.1. The Morgan fingerprint density at radius 1 is 1.10 bits per heavy atom. The van der Waals surface area contributed by atoms with Crippen molar-refractivity contribution < 1.29 is 13.6 Å². The predicted octanol–water partition coefficient (Wildman–Crippen LogP) is 4.07. The van der Waals surface area contributed by atoms with Crippen LogP contribution in [0.2, 0.25) is 0 Å². The Kier molecular flexibility index (Phi) is 5.47. The molecule has 8 heteroatoms. The largest absolute Gasteiger partial charge is 0.469 e. The number of anilines is 1. The number of aryl methyl sites for hydroxylation is 3. The molecule has 3 heterocycles. The first kappa shape index (κ1) is 19.6. The van der Waals surface area contributed by atoms with Crippen LogP contribution in [-0.2, 0) is 17.8 Å². The van der Waals surface area contributed by atoms with Gasteiger partial charge in [0.05, 0.1) is 35.4 Å². The number of benzene rings is 1. The molecule has 0 aliphatic rings. The molecule has 0 spiro atoms. The summed E-state index contributed by atoms with van der Waals surface area (Å²) in [4.78, 5) is 12.5. The molecule has 0 saturated heterocycles. The molecule has 0 aliphatic heterocycles. The van der Waals surface area contributed by atoms with E-state index in [0.29, 0.717) is 30.5 Å². The Morgan fingerprint density at radius 2 is 1.90 bits per heavy atom. The monoisotopic (exact) mass is 405 g/mol. The average Bonchev–Trinajstić information content (AvgIpc) is 3.44. The lowest BCUT2D eigenvalue weighted by atomic mass is 10.2. The van der Waals surface area contributed by atoms with E-state index in [4.69, 9.17) is 8.83 Å². The minimum atomic E-state index is -0.125. The molecule has 0 fully saturated rings. The van der Waals surface area contributed by atoms with Crippen molar-refractivity contribution in [3.63, 3.8) is 0 Å². The molecule has 0 aliphatic carbocycles. The maximum absolute atomic E-state index is 12.5. The molecule has 1 aromatic carbocycles. The number of amides is 1. The third-order valence-corrected chi connectivity index (χ3v) is 4.94. The highest BCUT2D eigenvalue weighted by atomic mass is 16.4. The second-order valence-electron chi connectivity index (χ2n) is 7.13. The van der Waals surface area contributed by atoms with Gasteiger partial charge in [-0.3, -0.25) is 9.48 Å². The van der Waals surface area contributed by atoms with Gasteiger partial charge in [-0.1, -0.05) is 30.3 Å². The Bertz CT molecular complexity index is 1160. The molecule has 4 aromatic rings. The van der Waals surface area contributed by atoms with E-state index in [1.54, 1.807) is 12.3 Å². The van der Waals surface area contributed by atoms with E-state index in [-0.39, 0.29) is 12.3 Å². The molecular formula is C22H23N5O3. The number of aromatic nitrogens is 4. The number of nitrogens with one attached hydrogen (secondary N) is 1. The zero-order valence-electron chi connectivity index (χ0n) is 17.2. The molecule has 0 unspecified atom stereocenters. The van der Waals surface area contributed by atoms with Crippen LogP contribution in [-0.4, -0.2) is 25.9 Å². The summed E-state index contributed by atoms with van der Waals surface area (Å²) in [6.45, 7) is 6.33. The third kappa shape index (κ3) is 4.17. The van der Waals surface area contributed by atoms with Gasteiger partial charge in [-0.2, -0.15) is 5.10 Å². The van der Waals surface area contributed by atoms with Gasteiger partial charge in [-0.05, 0) is 32.4 Å².